The second kappa shape index (κ2) is 5.61. The van der Waals surface area contributed by atoms with Crippen molar-refractivity contribution in [2.45, 2.75) is 38.6 Å². The van der Waals surface area contributed by atoms with Crippen molar-refractivity contribution < 1.29 is 9.47 Å². The van der Waals surface area contributed by atoms with Gasteiger partial charge in [0, 0.05) is 22.6 Å². The van der Waals surface area contributed by atoms with Crippen molar-refractivity contribution in [1.82, 2.24) is 0 Å². The topological polar surface area (TPSA) is 30.5 Å². The van der Waals surface area contributed by atoms with Gasteiger partial charge in [-0.3, -0.25) is 0 Å². The zero-order chi connectivity index (χ0) is 13.2. The van der Waals surface area contributed by atoms with Crippen LogP contribution < -0.4 is 14.8 Å². The van der Waals surface area contributed by atoms with Gasteiger partial charge in [0.15, 0.2) is 11.5 Å². The lowest BCUT2D eigenvalue weighted by molar-refractivity contribution is 0.171. The molecule has 0 aromatic heterocycles. The molecule has 2 aliphatic rings. The molecule has 1 aromatic carbocycles. The van der Waals surface area contributed by atoms with Crippen molar-refractivity contribution in [2.75, 3.05) is 18.5 Å². The van der Waals surface area contributed by atoms with Crippen LogP contribution in [0.2, 0.25) is 0 Å². The van der Waals surface area contributed by atoms with Crippen LogP contribution >= 0.6 is 15.9 Å². The monoisotopic (exact) mass is 325 g/mol. The highest BCUT2D eigenvalue weighted by molar-refractivity contribution is 9.10. The first kappa shape index (κ1) is 13.1. The number of ether oxygens (including phenoxy) is 2. The van der Waals surface area contributed by atoms with Crippen molar-refractivity contribution in [1.29, 1.82) is 0 Å². The fraction of sp³-hybridized carbons (Fsp3) is 0.600. The van der Waals surface area contributed by atoms with Crippen LogP contribution in [0, 0.1) is 5.92 Å². The third-order valence-corrected chi connectivity index (χ3v) is 4.58. The number of fused-ring (bicyclic) bond motifs is 1. The Hall–Kier alpha value is -0.900. The third-order valence-electron chi connectivity index (χ3n) is 3.93. The summed E-state index contributed by atoms with van der Waals surface area (Å²) < 4.78 is 12.3. The van der Waals surface area contributed by atoms with Gasteiger partial charge in [-0.25, -0.2) is 0 Å². The normalized spacial score (nSPS) is 26.0. The zero-order valence-electron chi connectivity index (χ0n) is 11.2. The molecule has 3 rings (SSSR count). The largest absolute Gasteiger partial charge is 0.486 e. The van der Waals surface area contributed by atoms with E-state index in [1.165, 1.54) is 25.7 Å². The minimum atomic E-state index is 0.572. The Morgan fingerprint density at radius 2 is 1.89 bits per heavy atom. The Morgan fingerprint density at radius 3 is 2.63 bits per heavy atom. The van der Waals surface area contributed by atoms with Crippen molar-refractivity contribution in [2.24, 2.45) is 5.92 Å². The van der Waals surface area contributed by atoms with Gasteiger partial charge >= 0.3 is 0 Å². The fourth-order valence-corrected chi connectivity index (χ4v) is 3.40. The van der Waals surface area contributed by atoms with E-state index in [9.17, 15) is 0 Å². The van der Waals surface area contributed by atoms with E-state index in [2.05, 4.69) is 34.2 Å². The van der Waals surface area contributed by atoms with E-state index in [-0.39, 0.29) is 0 Å². The van der Waals surface area contributed by atoms with Crippen molar-refractivity contribution in [3.8, 4) is 11.5 Å². The standard InChI is InChI=1S/C15H20BrNO2/c1-10-3-2-4-11(7-10)17-13-9-15-14(8-12(13)16)18-5-6-19-15/h8-11,17H,2-7H2,1H3. The lowest BCUT2D eigenvalue weighted by Crippen LogP contribution is -2.26. The van der Waals surface area contributed by atoms with E-state index in [1.54, 1.807) is 0 Å². The minimum absolute atomic E-state index is 0.572. The average molecular weight is 326 g/mol. The summed E-state index contributed by atoms with van der Waals surface area (Å²) >= 11 is 3.62. The quantitative estimate of drug-likeness (QED) is 0.883. The summed E-state index contributed by atoms with van der Waals surface area (Å²) in [7, 11) is 0. The van der Waals surface area contributed by atoms with E-state index >= 15 is 0 Å². The molecule has 2 unspecified atom stereocenters. The van der Waals surface area contributed by atoms with Gasteiger partial charge in [0.2, 0.25) is 0 Å². The Morgan fingerprint density at radius 1 is 1.16 bits per heavy atom. The molecule has 104 valence electrons. The molecule has 1 aliphatic carbocycles. The molecule has 2 atom stereocenters. The second-order valence-electron chi connectivity index (χ2n) is 5.59. The maximum atomic E-state index is 5.64. The molecule has 0 spiro atoms. The van der Waals surface area contributed by atoms with E-state index in [0.717, 1.165) is 27.6 Å². The molecular weight excluding hydrogens is 306 g/mol. The zero-order valence-corrected chi connectivity index (χ0v) is 12.8. The SMILES string of the molecule is CC1CCCC(Nc2cc3c(cc2Br)OCCO3)C1. The van der Waals surface area contributed by atoms with Crippen LogP contribution in [0.1, 0.15) is 32.6 Å². The van der Waals surface area contributed by atoms with E-state index in [1.807, 2.05) is 6.07 Å². The summed E-state index contributed by atoms with van der Waals surface area (Å²) in [6.45, 7) is 3.60. The molecule has 1 aromatic rings. The lowest BCUT2D eigenvalue weighted by atomic mass is 9.87. The average Bonchev–Trinajstić information content (AvgIpc) is 2.40. The Balaban J connectivity index is 1.76. The highest BCUT2D eigenvalue weighted by atomic mass is 79.9. The molecule has 1 aliphatic heterocycles. The molecule has 4 heteroatoms. The number of hydrogen-bond acceptors (Lipinski definition) is 3. The van der Waals surface area contributed by atoms with Gasteiger partial charge in [-0.1, -0.05) is 19.8 Å². The molecule has 19 heavy (non-hydrogen) atoms. The fourth-order valence-electron chi connectivity index (χ4n) is 2.96. The molecule has 1 saturated carbocycles. The Bertz CT molecular complexity index is 464. The molecule has 0 amide bonds. The second-order valence-corrected chi connectivity index (χ2v) is 6.44. The summed E-state index contributed by atoms with van der Waals surface area (Å²) in [6.07, 6.45) is 5.19. The van der Waals surface area contributed by atoms with Gasteiger partial charge in [0.1, 0.15) is 13.2 Å². The maximum absolute atomic E-state index is 5.64. The first-order valence-corrected chi connectivity index (χ1v) is 7.87. The first-order valence-electron chi connectivity index (χ1n) is 7.08. The van der Waals surface area contributed by atoms with Crippen LogP contribution in [-0.4, -0.2) is 19.3 Å². The molecule has 1 fully saturated rings. The summed E-state index contributed by atoms with van der Waals surface area (Å²) in [5, 5.41) is 3.65. The predicted octanol–water partition coefficient (Wildman–Crippen LogP) is 4.21. The summed E-state index contributed by atoms with van der Waals surface area (Å²) in [4.78, 5) is 0. The van der Waals surface area contributed by atoms with Gasteiger partial charge in [-0.15, -0.1) is 0 Å². The number of halogens is 1. The molecule has 1 N–H and O–H groups in total. The molecule has 0 bridgehead atoms. The van der Waals surface area contributed by atoms with E-state index in [4.69, 9.17) is 9.47 Å². The third kappa shape index (κ3) is 2.99. The molecule has 0 saturated heterocycles. The maximum Gasteiger partial charge on any atom is 0.163 e. The van der Waals surface area contributed by atoms with Gasteiger partial charge in [0.05, 0.1) is 5.69 Å². The Labute approximate surface area is 122 Å². The number of anilines is 1. The van der Waals surface area contributed by atoms with Gasteiger partial charge in [-0.2, -0.15) is 0 Å². The number of benzene rings is 1. The number of hydrogen-bond donors (Lipinski definition) is 1. The summed E-state index contributed by atoms with van der Waals surface area (Å²) in [5.41, 5.74) is 1.11. The minimum Gasteiger partial charge on any atom is -0.486 e. The van der Waals surface area contributed by atoms with Gasteiger partial charge < -0.3 is 14.8 Å². The van der Waals surface area contributed by atoms with Crippen LogP contribution in [0.15, 0.2) is 16.6 Å². The van der Waals surface area contributed by atoms with Crippen LogP contribution in [0.4, 0.5) is 5.69 Å². The molecule has 1 heterocycles. The number of nitrogens with one attached hydrogen (secondary N) is 1. The smallest absolute Gasteiger partial charge is 0.163 e. The van der Waals surface area contributed by atoms with Crippen LogP contribution in [0.25, 0.3) is 0 Å². The van der Waals surface area contributed by atoms with Crippen molar-refractivity contribution >= 4 is 21.6 Å². The van der Waals surface area contributed by atoms with E-state index < -0.39 is 0 Å². The highest BCUT2D eigenvalue weighted by Gasteiger charge is 2.21. The molecular formula is C15H20BrNO2. The van der Waals surface area contributed by atoms with Crippen LogP contribution in [0.5, 0.6) is 11.5 Å². The first-order chi connectivity index (χ1) is 9.22. The van der Waals surface area contributed by atoms with Crippen molar-refractivity contribution in [3.05, 3.63) is 16.6 Å². The van der Waals surface area contributed by atoms with E-state index in [0.29, 0.717) is 19.3 Å². The number of rotatable bonds is 2. The Kier molecular flexibility index (Phi) is 3.87. The van der Waals surface area contributed by atoms with Crippen LogP contribution in [-0.2, 0) is 0 Å². The lowest BCUT2D eigenvalue weighted by Gasteiger charge is -2.29. The van der Waals surface area contributed by atoms with Crippen molar-refractivity contribution in [3.63, 3.8) is 0 Å². The highest BCUT2D eigenvalue weighted by Crippen LogP contribution is 2.39. The summed E-state index contributed by atoms with van der Waals surface area (Å²) in [5.74, 6) is 2.50. The van der Waals surface area contributed by atoms with Gasteiger partial charge in [0.25, 0.3) is 0 Å². The summed E-state index contributed by atoms with van der Waals surface area (Å²) in [6, 6.07) is 4.63. The molecule has 0 radical (unpaired) electrons. The van der Waals surface area contributed by atoms with Gasteiger partial charge in [-0.05, 0) is 34.7 Å². The van der Waals surface area contributed by atoms with Crippen LogP contribution in [0.3, 0.4) is 0 Å². The molecule has 3 nitrogen and oxygen atoms in total. The predicted molar refractivity (Wildman–Crippen MR) is 80.2 cm³/mol.